The minimum absolute atomic E-state index is 0. The molecule has 1 saturated heterocycles. The van der Waals surface area contributed by atoms with Crippen LogP contribution >= 0.6 is 24.0 Å². The molecule has 2 heterocycles. The molecule has 0 saturated carbocycles. The number of hydrogen-bond acceptors (Lipinski definition) is 4. The third kappa shape index (κ3) is 5.57. The first-order valence-electron chi connectivity index (χ1n) is 9.07. The summed E-state index contributed by atoms with van der Waals surface area (Å²) in [6.45, 7) is 4.79. The van der Waals surface area contributed by atoms with Gasteiger partial charge in [0.05, 0.1) is 26.0 Å². The van der Waals surface area contributed by atoms with Crippen LogP contribution in [0, 0.1) is 5.82 Å². The van der Waals surface area contributed by atoms with Crippen molar-refractivity contribution < 1.29 is 13.9 Å². The summed E-state index contributed by atoms with van der Waals surface area (Å²) in [5, 5.41) is 7.52. The van der Waals surface area contributed by atoms with Crippen molar-refractivity contribution >= 4 is 29.9 Å². The molecule has 1 aliphatic heterocycles. The Bertz CT molecular complexity index is 798. The summed E-state index contributed by atoms with van der Waals surface area (Å²) in [7, 11) is 3.64. The van der Waals surface area contributed by atoms with Crippen LogP contribution < -0.4 is 10.1 Å². The Morgan fingerprint density at radius 1 is 1.46 bits per heavy atom. The fourth-order valence-electron chi connectivity index (χ4n) is 3.09. The van der Waals surface area contributed by atoms with Crippen LogP contribution in [0.15, 0.2) is 35.6 Å². The standard InChI is InChI=1S/C19H26FN5O2.HI/c1-4-26-17-6-5-14(9-16(17)20)10-22-19(21-2)25-7-8-27-18(13-25)15-11-23-24(3)12-15;/h5-6,9,11-12,18H,4,7-8,10,13H2,1-3H3,(H,21,22);1H. The van der Waals surface area contributed by atoms with Crippen molar-refractivity contribution in [2.75, 3.05) is 33.4 Å². The molecule has 0 spiro atoms. The number of rotatable bonds is 5. The highest BCUT2D eigenvalue weighted by Gasteiger charge is 2.25. The molecule has 3 rings (SSSR count). The molecule has 1 fully saturated rings. The Kier molecular flexibility index (Phi) is 8.49. The number of halogens is 2. The van der Waals surface area contributed by atoms with E-state index in [0.717, 1.165) is 23.6 Å². The third-order valence-electron chi connectivity index (χ3n) is 4.42. The maximum absolute atomic E-state index is 14.0. The van der Waals surface area contributed by atoms with Crippen molar-refractivity contribution in [2.24, 2.45) is 12.0 Å². The number of ether oxygens (including phenoxy) is 2. The van der Waals surface area contributed by atoms with E-state index in [1.54, 1.807) is 17.8 Å². The number of aliphatic imine (C=N–C) groups is 1. The number of nitrogens with zero attached hydrogens (tertiary/aromatic N) is 4. The van der Waals surface area contributed by atoms with E-state index in [0.29, 0.717) is 26.3 Å². The number of aromatic nitrogens is 2. The summed E-state index contributed by atoms with van der Waals surface area (Å²) in [4.78, 5) is 6.51. The van der Waals surface area contributed by atoms with Crippen LogP contribution in [0.25, 0.3) is 0 Å². The van der Waals surface area contributed by atoms with E-state index >= 15 is 0 Å². The van der Waals surface area contributed by atoms with Crippen LogP contribution in [0.4, 0.5) is 4.39 Å². The molecule has 1 unspecified atom stereocenters. The molecule has 7 nitrogen and oxygen atoms in total. The van der Waals surface area contributed by atoms with Gasteiger partial charge in [0.1, 0.15) is 6.10 Å². The zero-order valence-corrected chi connectivity index (χ0v) is 18.7. The smallest absolute Gasteiger partial charge is 0.194 e. The van der Waals surface area contributed by atoms with Gasteiger partial charge >= 0.3 is 0 Å². The molecule has 0 bridgehead atoms. The zero-order chi connectivity index (χ0) is 19.2. The monoisotopic (exact) mass is 503 g/mol. The van der Waals surface area contributed by atoms with Gasteiger partial charge in [-0.1, -0.05) is 6.07 Å². The Hall–Kier alpha value is -1.88. The molecule has 0 radical (unpaired) electrons. The van der Waals surface area contributed by atoms with Gasteiger partial charge in [-0.3, -0.25) is 9.67 Å². The van der Waals surface area contributed by atoms with Gasteiger partial charge in [-0.15, -0.1) is 24.0 Å². The second-order valence-corrected chi connectivity index (χ2v) is 6.35. The fourth-order valence-corrected chi connectivity index (χ4v) is 3.09. The molecule has 154 valence electrons. The average molecular weight is 503 g/mol. The molecule has 1 aromatic heterocycles. The van der Waals surface area contributed by atoms with Gasteiger partial charge in [0.2, 0.25) is 0 Å². The number of benzene rings is 1. The topological polar surface area (TPSA) is 63.9 Å². The summed E-state index contributed by atoms with van der Waals surface area (Å²) in [6.07, 6.45) is 3.74. The molecule has 9 heteroatoms. The maximum Gasteiger partial charge on any atom is 0.194 e. The van der Waals surface area contributed by atoms with E-state index < -0.39 is 0 Å². The lowest BCUT2D eigenvalue weighted by Crippen LogP contribution is -2.47. The summed E-state index contributed by atoms with van der Waals surface area (Å²) in [5.74, 6) is 0.689. The minimum Gasteiger partial charge on any atom is -0.491 e. The van der Waals surface area contributed by atoms with E-state index in [2.05, 4.69) is 20.3 Å². The van der Waals surface area contributed by atoms with Crippen LogP contribution in [0.1, 0.15) is 24.2 Å². The van der Waals surface area contributed by atoms with Gasteiger partial charge in [0, 0.05) is 38.9 Å². The SMILES string of the molecule is CCOc1ccc(CNC(=NC)N2CCOC(c3cnn(C)c3)C2)cc1F.I. The molecule has 28 heavy (non-hydrogen) atoms. The summed E-state index contributed by atoms with van der Waals surface area (Å²) < 4.78 is 26.9. The molecule has 0 aliphatic carbocycles. The van der Waals surface area contributed by atoms with Crippen LogP contribution in [-0.2, 0) is 18.3 Å². The Balaban J connectivity index is 0.00000280. The molecular formula is C19H27FIN5O2. The number of aryl methyl sites for hydroxylation is 1. The van der Waals surface area contributed by atoms with E-state index in [9.17, 15) is 4.39 Å². The highest BCUT2D eigenvalue weighted by atomic mass is 127. The first-order valence-corrected chi connectivity index (χ1v) is 9.07. The summed E-state index contributed by atoms with van der Waals surface area (Å²) >= 11 is 0. The van der Waals surface area contributed by atoms with Crippen molar-refractivity contribution in [1.82, 2.24) is 20.0 Å². The van der Waals surface area contributed by atoms with E-state index in [1.807, 2.05) is 32.4 Å². The van der Waals surface area contributed by atoms with Gasteiger partial charge < -0.3 is 19.7 Å². The van der Waals surface area contributed by atoms with E-state index in [-0.39, 0.29) is 41.6 Å². The normalized spacial score (nSPS) is 17.2. The number of morpholine rings is 1. The molecule has 0 amide bonds. The van der Waals surface area contributed by atoms with Gasteiger partial charge in [-0.05, 0) is 24.6 Å². The molecule has 1 N–H and O–H groups in total. The van der Waals surface area contributed by atoms with Crippen molar-refractivity contribution in [1.29, 1.82) is 0 Å². The fraction of sp³-hybridized carbons (Fsp3) is 0.474. The number of guanidine groups is 1. The molecular weight excluding hydrogens is 476 g/mol. The zero-order valence-electron chi connectivity index (χ0n) is 16.4. The first kappa shape index (κ1) is 22.4. The average Bonchev–Trinajstić information content (AvgIpc) is 3.11. The highest BCUT2D eigenvalue weighted by Crippen LogP contribution is 2.22. The predicted octanol–water partition coefficient (Wildman–Crippen LogP) is 2.72. The van der Waals surface area contributed by atoms with Crippen molar-refractivity contribution in [3.63, 3.8) is 0 Å². The van der Waals surface area contributed by atoms with Gasteiger partial charge in [0.15, 0.2) is 17.5 Å². The predicted molar refractivity (Wildman–Crippen MR) is 117 cm³/mol. The minimum atomic E-state index is -0.353. The Morgan fingerprint density at radius 3 is 2.93 bits per heavy atom. The molecule has 1 aromatic carbocycles. The van der Waals surface area contributed by atoms with Crippen molar-refractivity contribution in [3.8, 4) is 5.75 Å². The molecule has 2 aromatic rings. The second kappa shape index (κ2) is 10.6. The molecule has 1 aliphatic rings. The number of nitrogens with one attached hydrogen (secondary N) is 1. The van der Waals surface area contributed by atoms with Crippen LogP contribution in [0.2, 0.25) is 0 Å². The van der Waals surface area contributed by atoms with Gasteiger partial charge in [-0.25, -0.2) is 4.39 Å². The summed E-state index contributed by atoms with van der Waals surface area (Å²) in [5.41, 5.74) is 1.88. The van der Waals surface area contributed by atoms with E-state index in [4.69, 9.17) is 9.47 Å². The third-order valence-corrected chi connectivity index (χ3v) is 4.42. The van der Waals surface area contributed by atoms with Gasteiger partial charge in [0.25, 0.3) is 0 Å². The van der Waals surface area contributed by atoms with Gasteiger partial charge in [-0.2, -0.15) is 5.10 Å². The number of hydrogen-bond donors (Lipinski definition) is 1. The lowest BCUT2D eigenvalue weighted by Gasteiger charge is -2.34. The molecule has 1 atom stereocenters. The highest BCUT2D eigenvalue weighted by molar-refractivity contribution is 14.0. The summed E-state index contributed by atoms with van der Waals surface area (Å²) in [6, 6.07) is 5.00. The van der Waals surface area contributed by atoms with Crippen LogP contribution in [0.5, 0.6) is 5.75 Å². The largest absolute Gasteiger partial charge is 0.491 e. The van der Waals surface area contributed by atoms with E-state index in [1.165, 1.54) is 6.07 Å². The first-order chi connectivity index (χ1) is 13.1. The van der Waals surface area contributed by atoms with Crippen molar-refractivity contribution in [3.05, 3.63) is 47.5 Å². The lowest BCUT2D eigenvalue weighted by molar-refractivity contribution is -0.00805. The Morgan fingerprint density at radius 2 is 2.29 bits per heavy atom. The van der Waals surface area contributed by atoms with Crippen LogP contribution in [-0.4, -0.2) is 54.0 Å². The quantitative estimate of drug-likeness (QED) is 0.387. The Labute approximate surface area is 181 Å². The van der Waals surface area contributed by atoms with Crippen LogP contribution in [0.3, 0.4) is 0 Å². The van der Waals surface area contributed by atoms with Crippen molar-refractivity contribution in [2.45, 2.75) is 19.6 Å². The maximum atomic E-state index is 14.0. The second-order valence-electron chi connectivity index (χ2n) is 6.35. The lowest BCUT2D eigenvalue weighted by atomic mass is 10.1.